The molecule has 39 heavy (non-hydrogen) atoms. The smallest absolute Gasteiger partial charge is 0.328 e. The van der Waals surface area contributed by atoms with Gasteiger partial charge < -0.3 is 19.2 Å². The lowest BCUT2D eigenvalue weighted by Crippen LogP contribution is -2.55. The van der Waals surface area contributed by atoms with Crippen molar-refractivity contribution < 1.29 is 33.8 Å². The monoisotopic (exact) mass is 565 g/mol. The van der Waals surface area contributed by atoms with Crippen molar-refractivity contribution in [1.82, 2.24) is 10.2 Å². The summed E-state index contributed by atoms with van der Waals surface area (Å²) >= 11 is 1.38. The van der Waals surface area contributed by atoms with Crippen LogP contribution < -0.4 is 5.32 Å². The molecule has 1 aromatic carbocycles. The first-order valence-electron chi connectivity index (χ1n) is 13.6. The van der Waals surface area contributed by atoms with Gasteiger partial charge in [0.1, 0.15) is 25.3 Å². The zero-order valence-corrected chi connectivity index (χ0v) is 23.4. The fraction of sp³-hybridized carbons (Fsp3) is 0.667. The number of thioether (sulfide) groups is 1. The van der Waals surface area contributed by atoms with Crippen LogP contribution in [0.2, 0.25) is 0 Å². The highest BCUT2D eigenvalue weighted by Gasteiger charge is 2.50. The molecule has 1 heterocycles. The lowest BCUT2D eigenvalue weighted by molar-refractivity contribution is -0.756. The van der Waals surface area contributed by atoms with Crippen LogP contribution in [0.4, 0.5) is 0 Å². The maximum atomic E-state index is 13.7. The van der Waals surface area contributed by atoms with Crippen molar-refractivity contribution in [3.63, 3.8) is 0 Å². The molecule has 1 amide bonds. The Balaban J connectivity index is 1.58. The van der Waals surface area contributed by atoms with Gasteiger partial charge in [-0.25, -0.2) is 4.79 Å². The lowest BCUT2D eigenvalue weighted by atomic mass is 10.0. The van der Waals surface area contributed by atoms with Crippen LogP contribution in [0.1, 0.15) is 51.5 Å². The molecule has 0 spiro atoms. The number of carbonyl (C=O) groups excluding carboxylic acids is 3. The van der Waals surface area contributed by atoms with Crippen molar-refractivity contribution in [3.05, 3.63) is 46.0 Å². The lowest BCUT2D eigenvalue weighted by Gasteiger charge is -2.32. The molecule has 1 saturated heterocycles. The molecule has 1 N–H and O–H groups in total. The molecular formula is C27H39N3O8S. The molecule has 5 unspecified atom stereocenters. The summed E-state index contributed by atoms with van der Waals surface area (Å²) in [6, 6.07) is 7.79. The first-order chi connectivity index (χ1) is 18.8. The molecule has 0 radical (unpaired) electrons. The number of esters is 2. The molecule has 0 aromatic heterocycles. The topological polar surface area (TPSA) is 137 Å². The van der Waals surface area contributed by atoms with Crippen molar-refractivity contribution in [2.75, 3.05) is 31.3 Å². The van der Waals surface area contributed by atoms with E-state index in [1.807, 2.05) is 30.3 Å². The average Bonchev–Trinajstić information content (AvgIpc) is 3.52. The Kier molecular flexibility index (Phi) is 12.3. The molecule has 11 nitrogen and oxygen atoms in total. The van der Waals surface area contributed by atoms with Crippen LogP contribution in [0.5, 0.6) is 0 Å². The van der Waals surface area contributed by atoms with Gasteiger partial charge >= 0.3 is 11.9 Å². The molecule has 1 saturated carbocycles. The Morgan fingerprint density at radius 1 is 1.15 bits per heavy atom. The van der Waals surface area contributed by atoms with E-state index >= 15 is 0 Å². The summed E-state index contributed by atoms with van der Waals surface area (Å²) in [4.78, 5) is 55.6. The van der Waals surface area contributed by atoms with E-state index in [0.717, 1.165) is 24.8 Å². The fourth-order valence-electron chi connectivity index (χ4n) is 5.45. The average molecular weight is 566 g/mol. The van der Waals surface area contributed by atoms with Crippen LogP contribution in [0.25, 0.3) is 0 Å². The fourth-order valence-corrected chi connectivity index (χ4v) is 6.05. The zero-order valence-electron chi connectivity index (χ0n) is 22.6. The summed E-state index contributed by atoms with van der Waals surface area (Å²) in [6.45, 7) is 3.85. The van der Waals surface area contributed by atoms with Gasteiger partial charge in [-0.3, -0.25) is 14.9 Å². The number of carbonyl (C=O) groups is 3. The number of ether oxygens (including phenoxy) is 2. The minimum Gasteiger partial charge on any atom is -0.465 e. The Hall–Kier alpha value is -2.86. The molecule has 5 atom stereocenters. The van der Waals surface area contributed by atoms with Gasteiger partial charge in [0.15, 0.2) is 0 Å². The van der Waals surface area contributed by atoms with Crippen LogP contribution in [-0.2, 0) is 35.1 Å². The number of amides is 1. The number of aryl methyl sites for hydroxylation is 1. The first-order valence-corrected chi connectivity index (χ1v) is 14.8. The van der Waals surface area contributed by atoms with E-state index in [-0.39, 0.29) is 37.7 Å². The van der Waals surface area contributed by atoms with Gasteiger partial charge in [-0.05, 0) is 57.4 Å². The van der Waals surface area contributed by atoms with Crippen molar-refractivity contribution >= 4 is 29.6 Å². The number of benzene rings is 1. The third-order valence-electron chi connectivity index (χ3n) is 7.22. The van der Waals surface area contributed by atoms with Crippen LogP contribution in [0.3, 0.4) is 0 Å². The van der Waals surface area contributed by atoms with E-state index < -0.39 is 35.2 Å². The predicted octanol–water partition coefficient (Wildman–Crippen LogP) is 2.78. The van der Waals surface area contributed by atoms with E-state index in [1.165, 1.54) is 11.8 Å². The minimum atomic E-state index is -0.836. The third kappa shape index (κ3) is 9.10. The maximum Gasteiger partial charge on any atom is 0.328 e. The number of rotatable bonds is 16. The number of likely N-dealkylation sites (tertiary alicyclic amines) is 1. The van der Waals surface area contributed by atoms with Gasteiger partial charge in [-0.15, -0.1) is 10.1 Å². The predicted molar refractivity (Wildman–Crippen MR) is 145 cm³/mol. The number of hydrogen-bond donors (Lipinski definition) is 1. The Bertz CT molecular complexity index is 966. The van der Waals surface area contributed by atoms with E-state index in [9.17, 15) is 24.5 Å². The van der Waals surface area contributed by atoms with Crippen molar-refractivity contribution in [2.45, 2.75) is 76.5 Å². The Labute approximate surface area is 233 Å². The van der Waals surface area contributed by atoms with Crippen molar-refractivity contribution in [1.29, 1.82) is 0 Å². The van der Waals surface area contributed by atoms with Crippen LogP contribution in [0, 0.1) is 16.0 Å². The quantitative estimate of drug-likeness (QED) is 0.138. The van der Waals surface area contributed by atoms with E-state index in [0.29, 0.717) is 30.8 Å². The van der Waals surface area contributed by atoms with E-state index in [2.05, 4.69) is 10.2 Å². The van der Waals surface area contributed by atoms with Crippen molar-refractivity contribution in [3.8, 4) is 0 Å². The standard InChI is InChI=1S/C27H39N3O8S/c1-3-36-26(32)22(13-12-20-8-5-4-6-9-20)28-19(2)25(31)29-23-11-7-10-21(23)18-24(29)27(33)37-14-16-39-17-15-38-30(34)35/h4-6,8-9,19,21-24,28H,3,7,10-18H2,1-2H3. The largest absolute Gasteiger partial charge is 0.465 e. The highest BCUT2D eigenvalue weighted by molar-refractivity contribution is 7.99. The van der Waals surface area contributed by atoms with Gasteiger partial charge in [0.05, 0.1) is 12.6 Å². The zero-order chi connectivity index (χ0) is 28.2. The molecule has 3 rings (SSSR count). The molecule has 2 fully saturated rings. The van der Waals surface area contributed by atoms with Gasteiger partial charge in [0, 0.05) is 17.5 Å². The van der Waals surface area contributed by atoms with Gasteiger partial charge in [0.25, 0.3) is 5.09 Å². The van der Waals surface area contributed by atoms with Crippen LogP contribution in [0.15, 0.2) is 30.3 Å². The number of nitrogens with one attached hydrogen (secondary N) is 1. The van der Waals surface area contributed by atoms with Crippen LogP contribution >= 0.6 is 11.8 Å². The summed E-state index contributed by atoms with van der Waals surface area (Å²) in [5.74, 6) is 0.0913. The Morgan fingerprint density at radius 2 is 1.90 bits per heavy atom. The molecule has 1 aliphatic carbocycles. The molecular weight excluding hydrogens is 526 g/mol. The number of nitrogens with zero attached hydrogens (tertiary/aromatic N) is 2. The third-order valence-corrected chi connectivity index (χ3v) is 8.13. The highest BCUT2D eigenvalue weighted by atomic mass is 32.2. The Morgan fingerprint density at radius 3 is 2.62 bits per heavy atom. The molecule has 216 valence electrons. The van der Waals surface area contributed by atoms with E-state index in [1.54, 1.807) is 18.7 Å². The molecule has 12 heteroatoms. The minimum absolute atomic E-state index is 0.0154. The summed E-state index contributed by atoms with van der Waals surface area (Å²) in [5, 5.41) is 12.5. The number of fused-ring (bicyclic) bond motifs is 1. The normalized spacial score (nSPS) is 21.6. The van der Waals surface area contributed by atoms with Crippen LogP contribution in [-0.4, -0.2) is 83.3 Å². The second-order valence-electron chi connectivity index (χ2n) is 9.81. The maximum absolute atomic E-state index is 13.7. The van der Waals surface area contributed by atoms with Gasteiger partial charge in [0.2, 0.25) is 5.91 Å². The second-order valence-corrected chi connectivity index (χ2v) is 11.0. The summed E-state index contributed by atoms with van der Waals surface area (Å²) in [7, 11) is 0. The molecule has 1 aliphatic heterocycles. The number of hydrogen-bond acceptors (Lipinski definition) is 10. The highest BCUT2D eigenvalue weighted by Crippen LogP contribution is 2.42. The van der Waals surface area contributed by atoms with Crippen molar-refractivity contribution in [2.24, 2.45) is 5.92 Å². The summed E-state index contributed by atoms with van der Waals surface area (Å²) in [6.07, 6.45) is 4.51. The molecule has 1 aromatic rings. The summed E-state index contributed by atoms with van der Waals surface area (Å²) in [5.41, 5.74) is 1.09. The molecule has 2 aliphatic rings. The van der Waals surface area contributed by atoms with Gasteiger partial charge in [-0.1, -0.05) is 36.8 Å². The van der Waals surface area contributed by atoms with E-state index in [4.69, 9.17) is 9.47 Å². The first kappa shape index (κ1) is 30.7. The van der Waals surface area contributed by atoms with Gasteiger partial charge in [-0.2, -0.15) is 11.8 Å². The summed E-state index contributed by atoms with van der Waals surface area (Å²) < 4.78 is 10.8. The SMILES string of the molecule is CCOC(=O)C(CCc1ccccc1)NC(C)C(=O)N1C(C(=O)OCCSCCO[N+](=O)[O-])CC2CCCC21. The molecule has 0 bridgehead atoms. The second kappa shape index (κ2) is 15.7.